The van der Waals surface area contributed by atoms with E-state index in [0.29, 0.717) is 11.5 Å². The van der Waals surface area contributed by atoms with Crippen molar-refractivity contribution >= 4 is 0 Å². The molecule has 3 aromatic rings. The normalized spacial score (nSPS) is 12.4. The fraction of sp³-hybridized carbons (Fsp3) is 0.125. The minimum Gasteiger partial charge on any atom is -0.497 e. The molecule has 0 unspecified atom stereocenters. The number of hydrogen-bond donors (Lipinski definition) is 0. The van der Waals surface area contributed by atoms with Gasteiger partial charge in [-0.15, -0.1) is 5.10 Å². The maximum Gasteiger partial charge on any atom is 0.231 e. The first-order valence-corrected chi connectivity index (χ1v) is 6.81. The summed E-state index contributed by atoms with van der Waals surface area (Å²) >= 11 is 0. The highest BCUT2D eigenvalue weighted by Crippen LogP contribution is 2.38. The summed E-state index contributed by atoms with van der Waals surface area (Å²) < 4.78 is 17.9. The fourth-order valence-electron chi connectivity index (χ4n) is 2.45. The van der Waals surface area contributed by atoms with Crippen LogP contribution < -0.4 is 14.2 Å². The zero-order valence-corrected chi connectivity index (χ0v) is 11.9. The molecule has 0 saturated carbocycles. The Bertz CT molecular complexity index is 812. The van der Waals surface area contributed by atoms with E-state index in [-0.39, 0.29) is 6.79 Å². The van der Waals surface area contributed by atoms with E-state index in [1.54, 1.807) is 18.0 Å². The summed E-state index contributed by atoms with van der Waals surface area (Å²) in [6.07, 6.45) is 1.72. The van der Waals surface area contributed by atoms with E-state index in [1.165, 1.54) is 0 Å². The molecule has 4 rings (SSSR count). The SMILES string of the molecule is COc1ccc(-c2cnnn2-c2cccc3c2OCO3)cc1. The number of rotatable bonds is 3. The number of fused-ring (bicyclic) bond motifs is 1. The van der Waals surface area contributed by atoms with Crippen LogP contribution in [-0.2, 0) is 0 Å². The summed E-state index contributed by atoms with van der Waals surface area (Å²) in [6, 6.07) is 13.4. The lowest BCUT2D eigenvalue weighted by Crippen LogP contribution is -2.01. The van der Waals surface area contributed by atoms with E-state index >= 15 is 0 Å². The summed E-state index contributed by atoms with van der Waals surface area (Å²) in [5.41, 5.74) is 2.66. The van der Waals surface area contributed by atoms with Gasteiger partial charge in [-0.05, 0) is 36.4 Å². The lowest BCUT2D eigenvalue weighted by atomic mass is 10.1. The van der Waals surface area contributed by atoms with Crippen molar-refractivity contribution in [3.05, 3.63) is 48.7 Å². The predicted molar refractivity (Wildman–Crippen MR) is 79.5 cm³/mol. The monoisotopic (exact) mass is 295 g/mol. The van der Waals surface area contributed by atoms with Gasteiger partial charge in [0.05, 0.1) is 19.0 Å². The highest BCUT2D eigenvalue weighted by molar-refractivity contribution is 5.65. The second kappa shape index (κ2) is 5.07. The number of benzene rings is 2. The summed E-state index contributed by atoms with van der Waals surface area (Å²) in [4.78, 5) is 0. The van der Waals surface area contributed by atoms with Crippen molar-refractivity contribution in [2.24, 2.45) is 0 Å². The van der Waals surface area contributed by atoms with Gasteiger partial charge in [0.1, 0.15) is 11.4 Å². The molecular weight excluding hydrogens is 282 g/mol. The summed E-state index contributed by atoms with van der Waals surface area (Å²) in [5, 5.41) is 8.21. The van der Waals surface area contributed by atoms with Crippen LogP contribution >= 0.6 is 0 Å². The Labute approximate surface area is 126 Å². The zero-order chi connectivity index (χ0) is 14.9. The molecule has 1 aromatic heterocycles. The van der Waals surface area contributed by atoms with Crippen LogP contribution in [0.15, 0.2) is 48.7 Å². The van der Waals surface area contributed by atoms with Gasteiger partial charge in [-0.25, -0.2) is 4.68 Å². The standard InChI is InChI=1S/C16H13N3O3/c1-20-12-7-5-11(6-8-12)14-9-17-18-19(14)13-3-2-4-15-16(13)22-10-21-15/h2-9H,10H2,1H3. The highest BCUT2D eigenvalue weighted by Gasteiger charge is 2.21. The molecule has 0 fully saturated rings. The number of ether oxygens (including phenoxy) is 3. The molecule has 6 nitrogen and oxygen atoms in total. The lowest BCUT2D eigenvalue weighted by Gasteiger charge is -2.09. The first-order chi connectivity index (χ1) is 10.9. The van der Waals surface area contributed by atoms with E-state index < -0.39 is 0 Å². The van der Waals surface area contributed by atoms with Crippen molar-refractivity contribution in [3.63, 3.8) is 0 Å². The molecule has 6 heteroatoms. The van der Waals surface area contributed by atoms with Crippen molar-refractivity contribution in [1.29, 1.82) is 0 Å². The van der Waals surface area contributed by atoms with Crippen LogP contribution in [0.25, 0.3) is 16.9 Å². The maximum atomic E-state index is 5.55. The Morgan fingerprint density at radius 2 is 1.95 bits per heavy atom. The number of nitrogens with zero attached hydrogens (tertiary/aromatic N) is 3. The molecule has 0 spiro atoms. The molecule has 0 bridgehead atoms. The average molecular weight is 295 g/mol. The van der Waals surface area contributed by atoms with E-state index in [1.807, 2.05) is 42.5 Å². The lowest BCUT2D eigenvalue weighted by molar-refractivity contribution is 0.173. The smallest absolute Gasteiger partial charge is 0.231 e. The van der Waals surface area contributed by atoms with Crippen molar-refractivity contribution in [2.45, 2.75) is 0 Å². The van der Waals surface area contributed by atoms with E-state index in [4.69, 9.17) is 14.2 Å². The largest absolute Gasteiger partial charge is 0.497 e. The van der Waals surface area contributed by atoms with Crippen molar-refractivity contribution < 1.29 is 14.2 Å². The molecule has 0 atom stereocenters. The van der Waals surface area contributed by atoms with Gasteiger partial charge < -0.3 is 14.2 Å². The van der Waals surface area contributed by atoms with Gasteiger partial charge in [-0.2, -0.15) is 0 Å². The molecular formula is C16H13N3O3. The first kappa shape index (κ1) is 12.7. The van der Waals surface area contributed by atoms with E-state index in [9.17, 15) is 0 Å². The molecule has 2 heterocycles. The molecule has 0 amide bonds. The Hall–Kier alpha value is -3.02. The average Bonchev–Trinajstić information content (AvgIpc) is 3.23. The molecule has 0 saturated heterocycles. The second-order valence-electron chi connectivity index (χ2n) is 4.77. The first-order valence-electron chi connectivity index (χ1n) is 6.81. The quantitative estimate of drug-likeness (QED) is 0.743. The second-order valence-corrected chi connectivity index (χ2v) is 4.77. The predicted octanol–water partition coefficient (Wildman–Crippen LogP) is 2.67. The summed E-state index contributed by atoms with van der Waals surface area (Å²) in [7, 11) is 1.64. The van der Waals surface area contributed by atoms with Gasteiger partial charge in [0.25, 0.3) is 0 Å². The Morgan fingerprint density at radius 1 is 1.09 bits per heavy atom. The van der Waals surface area contributed by atoms with Crippen LogP contribution in [0.1, 0.15) is 0 Å². The zero-order valence-electron chi connectivity index (χ0n) is 11.9. The van der Waals surface area contributed by atoms with Gasteiger partial charge >= 0.3 is 0 Å². The third-order valence-corrected chi connectivity index (χ3v) is 3.54. The molecule has 1 aliphatic rings. The van der Waals surface area contributed by atoms with Gasteiger partial charge in [-0.3, -0.25) is 0 Å². The molecule has 0 aliphatic carbocycles. The third kappa shape index (κ3) is 1.96. The topological polar surface area (TPSA) is 58.4 Å². The van der Waals surface area contributed by atoms with Crippen molar-refractivity contribution in [3.8, 4) is 34.2 Å². The maximum absolute atomic E-state index is 5.55. The van der Waals surface area contributed by atoms with Gasteiger partial charge in [0, 0.05) is 5.56 Å². The molecule has 0 radical (unpaired) electrons. The number of para-hydroxylation sites is 1. The van der Waals surface area contributed by atoms with Gasteiger partial charge in [-0.1, -0.05) is 11.3 Å². The molecule has 1 aliphatic heterocycles. The molecule has 2 aromatic carbocycles. The van der Waals surface area contributed by atoms with Crippen LogP contribution in [0, 0.1) is 0 Å². The molecule has 0 N–H and O–H groups in total. The molecule has 110 valence electrons. The van der Waals surface area contributed by atoms with Gasteiger partial charge in [0.15, 0.2) is 11.5 Å². The Morgan fingerprint density at radius 3 is 2.77 bits per heavy atom. The van der Waals surface area contributed by atoms with Crippen LogP contribution in [0.4, 0.5) is 0 Å². The number of hydrogen-bond acceptors (Lipinski definition) is 5. The number of aromatic nitrogens is 3. The fourth-order valence-corrected chi connectivity index (χ4v) is 2.45. The molecule has 22 heavy (non-hydrogen) atoms. The third-order valence-electron chi connectivity index (χ3n) is 3.54. The van der Waals surface area contributed by atoms with Crippen LogP contribution in [0.2, 0.25) is 0 Å². The van der Waals surface area contributed by atoms with Crippen LogP contribution in [0.3, 0.4) is 0 Å². The number of methoxy groups -OCH3 is 1. The Balaban J connectivity index is 1.82. The van der Waals surface area contributed by atoms with E-state index in [0.717, 1.165) is 22.7 Å². The summed E-state index contributed by atoms with van der Waals surface area (Å²) in [5.74, 6) is 2.21. The minimum absolute atomic E-state index is 0.221. The van der Waals surface area contributed by atoms with Crippen molar-refractivity contribution in [2.75, 3.05) is 13.9 Å². The highest BCUT2D eigenvalue weighted by atomic mass is 16.7. The van der Waals surface area contributed by atoms with Crippen LogP contribution in [0.5, 0.6) is 17.2 Å². The minimum atomic E-state index is 0.221. The van der Waals surface area contributed by atoms with E-state index in [2.05, 4.69) is 10.3 Å². The van der Waals surface area contributed by atoms with Gasteiger partial charge in [0.2, 0.25) is 6.79 Å². The van der Waals surface area contributed by atoms with Crippen LogP contribution in [-0.4, -0.2) is 28.9 Å². The van der Waals surface area contributed by atoms with Crippen molar-refractivity contribution in [1.82, 2.24) is 15.0 Å². The summed E-state index contributed by atoms with van der Waals surface area (Å²) in [6.45, 7) is 0.221. The Kier molecular flexibility index (Phi) is 2.93.